The topological polar surface area (TPSA) is 23.8 Å². The Bertz CT molecular complexity index is 649. The summed E-state index contributed by atoms with van der Waals surface area (Å²) in [5.74, 6) is 0. The molecular weight excluding hydrogens is 262 g/mol. The molecule has 0 saturated heterocycles. The molecule has 102 valence electrons. The number of aryl methyl sites for hydroxylation is 2. The molecular formula is C18H19NS. The van der Waals surface area contributed by atoms with Gasteiger partial charge in [-0.05, 0) is 48.9 Å². The summed E-state index contributed by atoms with van der Waals surface area (Å²) in [6, 6.07) is 15.6. The second-order valence-electron chi connectivity index (χ2n) is 5.60. The smallest absolute Gasteiger partial charge is 0.0873 e. The zero-order valence-corrected chi connectivity index (χ0v) is 12.7. The average Bonchev–Trinajstić information content (AvgIpc) is 2.95. The van der Waals surface area contributed by atoms with Crippen LogP contribution in [-0.2, 0) is 24.7 Å². The number of hydrogen-bond acceptors (Lipinski definition) is 2. The lowest BCUT2D eigenvalue weighted by Gasteiger charge is -2.33. The van der Waals surface area contributed by atoms with Crippen molar-refractivity contribution in [2.24, 2.45) is 0 Å². The monoisotopic (exact) mass is 281 g/mol. The lowest BCUT2D eigenvalue weighted by molar-refractivity contribution is 0.453. The van der Waals surface area contributed by atoms with Crippen molar-refractivity contribution in [3.05, 3.63) is 57.3 Å². The van der Waals surface area contributed by atoms with Gasteiger partial charge in [-0.2, -0.15) is 5.26 Å². The summed E-state index contributed by atoms with van der Waals surface area (Å²) in [5, 5.41) is 9.87. The van der Waals surface area contributed by atoms with E-state index in [9.17, 15) is 5.26 Å². The van der Waals surface area contributed by atoms with Gasteiger partial charge in [-0.1, -0.05) is 31.2 Å². The van der Waals surface area contributed by atoms with Crippen LogP contribution in [0.25, 0.3) is 0 Å². The molecule has 1 aromatic heterocycles. The summed E-state index contributed by atoms with van der Waals surface area (Å²) in [5.41, 5.74) is 2.32. The number of fused-ring (bicyclic) bond motifs is 1. The maximum absolute atomic E-state index is 9.87. The van der Waals surface area contributed by atoms with Crippen molar-refractivity contribution in [3.63, 3.8) is 0 Å². The SMILES string of the molecule is CCc1ccc(CC2(C#N)CCCc3ccccc32)s1. The van der Waals surface area contributed by atoms with Gasteiger partial charge in [0.05, 0.1) is 11.5 Å². The Labute approximate surface area is 124 Å². The van der Waals surface area contributed by atoms with Gasteiger partial charge in [-0.15, -0.1) is 11.3 Å². The summed E-state index contributed by atoms with van der Waals surface area (Å²) in [4.78, 5) is 2.76. The Morgan fingerprint density at radius 1 is 1.20 bits per heavy atom. The third-order valence-corrected chi connectivity index (χ3v) is 5.57. The highest BCUT2D eigenvalue weighted by Gasteiger charge is 2.37. The minimum atomic E-state index is -0.315. The third kappa shape index (κ3) is 2.27. The molecule has 2 aromatic rings. The lowest BCUT2D eigenvalue weighted by Crippen LogP contribution is -2.31. The van der Waals surface area contributed by atoms with Crippen LogP contribution < -0.4 is 0 Å². The molecule has 0 spiro atoms. The van der Waals surface area contributed by atoms with E-state index in [2.05, 4.69) is 49.4 Å². The van der Waals surface area contributed by atoms with Gasteiger partial charge in [0.25, 0.3) is 0 Å². The second-order valence-corrected chi connectivity index (χ2v) is 6.86. The van der Waals surface area contributed by atoms with Gasteiger partial charge >= 0.3 is 0 Å². The summed E-state index contributed by atoms with van der Waals surface area (Å²) in [7, 11) is 0. The summed E-state index contributed by atoms with van der Waals surface area (Å²) >= 11 is 1.86. The van der Waals surface area contributed by atoms with Crippen LogP contribution in [0.5, 0.6) is 0 Å². The molecule has 0 amide bonds. The van der Waals surface area contributed by atoms with Gasteiger partial charge in [0, 0.05) is 16.2 Å². The van der Waals surface area contributed by atoms with Crippen molar-refractivity contribution in [2.45, 2.75) is 44.4 Å². The molecule has 1 heterocycles. The normalized spacial score (nSPS) is 21.2. The molecule has 0 saturated carbocycles. The Balaban J connectivity index is 1.99. The highest BCUT2D eigenvalue weighted by Crippen LogP contribution is 2.40. The first-order valence-electron chi connectivity index (χ1n) is 7.34. The van der Waals surface area contributed by atoms with Gasteiger partial charge in [-0.3, -0.25) is 0 Å². The van der Waals surface area contributed by atoms with Crippen LogP contribution >= 0.6 is 11.3 Å². The molecule has 20 heavy (non-hydrogen) atoms. The molecule has 0 aliphatic heterocycles. The molecule has 3 rings (SSSR count). The number of rotatable bonds is 3. The number of benzene rings is 1. The first kappa shape index (κ1) is 13.4. The second kappa shape index (κ2) is 5.42. The van der Waals surface area contributed by atoms with Crippen molar-refractivity contribution in [1.82, 2.24) is 0 Å². The summed E-state index contributed by atoms with van der Waals surface area (Å²) in [6.45, 7) is 2.19. The summed E-state index contributed by atoms with van der Waals surface area (Å²) < 4.78 is 0. The van der Waals surface area contributed by atoms with Crippen molar-refractivity contribution in [2.75, 3.05) is 0 Å². The Morgan fingerprint density at radius 2 is 2.00 bits per heavy atom. The number of hydrogen-bond donors (Lipinski definition) is 0. The molecule has 0 radical (unpaired) electrons. The van der Waals surface area contributed by atoms with Crippen LogP contribution in [0, 0.1) is 11.3 Å². The van der Waals surface area contributed by atoms with Gasteiger partial charge in [0.1, 0.15) is 0 Å². The maximum atomic E-state index is 9.87. The molecule has 0 N–H and O–H groups in total. The molecule has 1 unspecified atom stereocenters. The molecule has 1 atom stereocenters. The molecule has 1 nitrogen and oxygen atoms in total. The lowest BCUT2D eigenvalue weighted by atomic mass is 9.69. The van der Waals surface area contributed by atoms with Crippen molar-refractivity contribution in [1.29, 1.82) is 5.26 Å². The van der Waals surface area contributed by atoms with Crippen LogP contribution in [0.15, 0.2) is 36.4 Å². The summed E-state index contributed by atoms with van der Waals surface area (Å²) in [6.07, 6.45) is 5.17. The minimum absolute atomic E-state index is 0.315. The van der Waals surface area contributed by atoms with E-state index in [4.69, 9.17) is 0 Å². The fraction of sp³-hybridized carbons (Fsp3) is 0.389. The van der Waals surface area contributed by atoms with Crippen LogP contribution in [0.3, 0.4) is 0 Å². The Morgan fingerprint density at radius 3 is 2.75 bits per heavy atom. The minimum Gasteiger partial charge on any atom is -0.197 e. The molecule has 0 fully saturated rings. The average molecular weight is 281 g/mol. The molecule has 1 aliphatic rings. The fourth-order valence-electron chi connectivity index (χ4n) is 3.26. The van der Waals surface area contributed by atoms with Gasteiger partial charge < -0.3 is 0 Å². The predicted molar refractivity (Wildman–Crippen MR) is 84.1 cm³/mol. The fourth-order valence-corrected chi connectivity index (χ4v) is 4.34. The van der Waals surface area contributed by atoms with E-state index in [0.717, 1.165) is 32.1 Å². The van der Waals surface area contributed by atoms with E-state index in [0.29, 0.717) is 0 Å². The van der Waals surface area contributed by atoms with Crippen LogP contribution in [-0.4, -0.2) is 0 Å². The quantitative estimate of drug-likeness (QED) is 0.803. The van der Waals surface area contributed by atoms with Crippen LogP contribution in [0.1, 0.15) is 40.6 Å². The first-order valence-corrected chi connectivity index (χ1v) is 8.16. The van der Waals surface area contributed by atoms with Crippen LogP contribution in [0.4, 0.5) is 0 Å². The predicted octanol–water partition coefficient (Wildman–Crippen LogP) is 4.65. The standard InChI is InChI=1S/C18H19NS/c1-2-15-9-10-16(20-15)12-18(13-19)11-5-7-14-6-3-4-8-17(14)18/h3-4,6,8-10H,2,5,7,11-12H2,1H3. The Kier molecular flexibility index (Phi) is 3.63. The van der Waals surface area contributed by atoms with Crippen molar-refractivity contribution < 1.29 is 0 Å². The molecule has 1 aromatic carbocycles. The Hall–Kier alpha value is -1.59. The third-order valence-electron chi connectivity index (χ3n) is 4.34. The van der Waals surface area contributed by atoms with E-state index in [1.807, 2.05) is 11.3 Å². The van der Waals surface area contributed by atoms with E-state index < -0.39 is 0 Å². The number of nitrogens with zero attached hydrogens (tertiary/aromatic N) is 1. The van der Waals surface area contributed by atoms with Crippen molar-refractivity contribution >= 4 is 11.3 Å². The van der Waals surface area contributed by atoms with E-state index in [1.165, 1.54) is 20.9 Å². The maximum Gasteiger partial charge on any atom is 0.0873 e. The highest BCUT2D eigenvalue weighted by atomic mass is 32.1. The van der Waals surface area contributed by atoms with Gasteiger partial charge in [-0.25, -0.2) is 0 Å². The van der Waals surface area contributed by atoms with Gasteiger partial charge in [0.15, 0.2) is 0 Å². The largest absolute Gasteiger partial charge is 0.197 e. The van der Waals surface area contributed by atoms with Gasteiger partial charge in [0.2, 0.25) is 0 Å². The number of thiophene rings is 1. The van der Waals surface area contributed by atoms with Crippen LogP contribution in [0.2, 0.25) is 0 Å². The molecule has 0 bridgehead atoms. The molecule has 2 heteroatoms. The molecule has 1 aliphatic carbocycles. The van der Waals surface area contributed by atoms with E-state index in [1.54, 1.807) is 0 Å². The van der Waals surface area contributed by atoms with Crippen molar-refractivity contribution in [3.8, 4) is 6.07 Å². The zero-order chi connectivity index (χ0) is 14.0. The van der Waals surface area contributed by atoms with E-state index >= 15 is 0 Å². The zero-order valence-electron chi connectivity index (χ0n) is 11.9. The van der Waals surface area contributed by atoms with E-state index in [-0.39, 0.29) is 5.41 Å². The highest BCUT2D eigenvalue weighted by molar-refractivity contribution is 7.12. The first-order chi connectivity index (χ1) is 9.77. The number of nitriles is 1.